The molecule has 0 spiro atoms. The predicted molar refractivity (Wildman–Crippen MR) is 57.8 cm³/mol. The van der Waals surface area contributed by atoms with Crippen molar-refractivity contribution in [1.29, 1.82) is 0 Å². The summed E-state index contributed by atoms with van der Waals surface area (Å²) < 4.78 is 0. The van der Waals surface area contributed by atoms with Gasteiger partial charge in [0.25, 0.3) is 0 Å². The van der Waals surface area contributed by atoms with Crippen molar-refractivity contribution >= 4 is 17.4 Å². The minimum atomic E-state index is 0. The number of hydrogen-bond acceptors (Lipinski definition) is 0. The molecule has 0 aromatic carbocycles. The SMILES string of the molecule is [AlH3].[CH2]C(C)C(CC)CCCC. The molecule has 1 heteroatoms. The molecule has 0 saturated heterocycles. The lowest BCUT2D eigenvalue weighted by atomic mass is 9.89. The Morgan fingerprint density at radius 3 is 2.09 bits per heavy atom. The minimum Gasteiger partial charge on any atom is -0.0654 e. The van der Waals surface area contributed by atoms with Crippen LogP contribution in [0.3, 0.4) is 0 Å². The molecule has 11 heavy (non-hydrogen) atoms. The van der Waals surface area contributed by atoms with Crippen LogP contribution in [0, 0.1) is 18.8 Å². The zero-order chi connectivity index (χ0) is 7.98. The highest BCUT2D eigenvalue weighted by molar-refractivity contribution is 5.75. The van der Waals surface area contributed by atoms with Crippen LogP contribution in [0.25, 0.3) is 0 Å². The highest BCUT2D eigenvalue weighted by Gasteiger charge is 2.09. The highest BCUT2D eigenvalue weighted by atomic mass is 27.0. The van der Waals surface area contributed by atoms with Gasteiger partial charge in [0.2, 0.25) is 0 Å². The fourth-order valence-electron chi connectivity index (χ4n) is 1.36. The molecule has 0 aromatic rings. The van der Waals surface area contributed by atoms with Crippen molar-refractivity contribution in [3.05, 3.63) is 6.92 Å². The average Bonchev–Trinajstić information content (AvgIpc) is 1.89. The van der Waals surface area contributed by atoms with E-state index in [9.17, 15) is 0 Å². The topological polar surface area (TPSA) is 0 Å². The largest absolute Gasteiger partial charge is 0.187 e. The standard InChI is InChI=1S/C10H21.Al.3H/c1-5-7-8-10(6-2)9(3)4;;;;/h9-10H,3,5-8H2,1-2,4H3;;;;. The van der Waals surface area contributed by atoms with Crippen molar-refractivity contribution in [3.8, 4) is 0 Å². The van der Waals surface area contributed by atoms with E-state index in [4.69, 9.17) is 0 Å². The first-order valence-corrected chi connectivity index (χ1v) is 4.55. The van der Waals surface area contributed by atoms with Crippen LogP contribution in [0.1, 0.15) is 46.5 Å². The summed E-state index contributed by atoms with van der Waals surface area (Å²) >= 11 is 0. The van der Waals surface area contributed by atoms with Crippen LogP contribution in [0.15, 0.2) is 0 Å². The molecule has 0 heterocycles. The summed E-state index contributed by atoms with van der Waals surface area (Å²) in [5.74, 6) is 1.50. The number of unbranched alkanes of at least 4 members (excludes halogenated alkanes) is 1. The summed E-state index contributed by atoms with van der Waals surface area (Å²) in [5.41, 5.74) is 0. The molecule has 0 aliphatic heterocycles. The lowest BCUT2D eigenvalue weighted by Gasteiger charge is -2.17. The third-order valence-corrected chi connectivity index (χ3v) is 2.26. The van der Waals surface area contributed by atoms with Gasteiger partial charge in [0, 0.05) is 0 Å². The maximum absolute atomic E-state index is 4.06. The van der Waals surface area contributed by atoms with Gasteiger partial charge in [0.05, 0.1) is 0 Å². The quantitative estimate of drug-likeness (QED) is 0.557. The van der Waals surface area contributed by atoms with E-state index in [0.29, 0.717) is 5.92 Å². The molecule has 0 bridgehead atoms. The van der Waals surface area contributed by atoms with Crippen molar-refractivity contribution in [2.24, 2.45) is 11.8 Å². The van der Waals surface area contributed by atoms with Crippen LogP contribution < -0.4 is 0 Å². The molecule has 0 fully saturated rings. The molecule has 0 rings (SSSR count). The molecular formula is C10H24Al. The van der Waals surface area contributed by atoms with Crippen molar-refractivity contribution in [2.75, 3.05) is 0 Å². The average molecular weight is 171 g/mol. The molecule has 0 saturated carbocycles. The van der Waals surface area contributed by atoms with E-state index in [1.165, 1.54) is 25.7 Å². The molecule has 2 unspecified atom stereocenters. The van der Waals surface area contributed by atoms with Crippen molar-refractivity contribution in [2.45, 2.75) is 46.5 Å². The summed E-state index contributed by atoms with van der Waals surface area (Å²) in [7, 11) is 0. The van der Waals surface area contributed by atoms with Gasteiger partial charge in [-0.2, -0.15) is 0 Å². The number of rotatable bonds is 5. The number of hydrogen-bond donors (Lipinski definition) is 0. The first-order valence-electron chi connectivity index (χ1n) is 4.55. The minimum absolute atomic E-state index is 0. The zero-order valence-electron chi connectivity index (χ0n) is 7.69. The maximum Gasteiger partial charge on any atom is 0.187 e. The van der Waals surface area contributed by atoms with Crippen molar-refractivity contribution in [3.63, 3.8) is 0 Å². The molecule has 67 valence electrons. The second kappa shape index (κ2) is 8.63. The highest BCUT2D eigenvalue weighted by Crippen LogP contribution is 2.20. The third kappa shape index (κ3) is 6.91. The Morgan fingerprint density at radius 1 is 1.27 bits per heavy atom. The second-order valence-electron chi connectivity index (χ2n) is 3.29. The third-order valence-electron chi connectivity index (χ3n) is 2.26. The summed E-state index contributed by atoms with van der Waals surface area (Å²) in [6.07, 6.45) is 5.36. The second-order valence-corrected chi connectivity index (χ2v) is 3.29. The van der Waals surface area contributed by atoms with Crippen LogP contribution >= 0.6 is 0 Å². The van der Waals surface area contributed by atoms with Gasteiger partial charge in [-0.1, -0.05) is 53.4 Å². The van der Waals surface area contributed by atoms with E-state index in [-0.39, 0.29) is 17.4 Å². The Morgan fingerprint density at radius 2 is 1.82 bits per heavy atom. The Hall–Kier alpha value is 0.532. The van der Waals surface area contributed by atoms with Gasteiger partial charge >= 0.3 is 0 Å². The van der Waals surface area contributed by atoms with E-state index in [1.54, 1.807) is 0 Å². The Balaban J connectivity index is 0. The van der Waals surface area contributed by atoms with Crippen molar-refractivity contribution < 1.29 is 0 Å². The molecule has 0 aliphatic rings. The normalized spacial score (nSPS) is 12.8. The van der Waals surface area contributed by atoms with E-state index in [0.717, 1.165) is 5.92 Å². The Labute approximate surface area is 82.9 Å². The van der Waals surface area contributed by atoms with Crippen LogP contribution in [0.2, 0.25) is 0 Å². The van der Waals surface area contributed by atoms with E-state index in [1.807, 2.05) is 0 Å². The first-order chi connectivity index (χ1) is 4.72. The van der Waals surface area contributed by atoms with Gasteiger partial charge in [0.1, 0.15) is 0 Å². The van der Waals surface area contributed by atoms with Crippen LogP contribution in [-0.2, 0) is 0 Å². The maximum atomic E-state index is 4.06. The van der Waals surface area contributed by atoms with Gasteiger partial charge in [0.15, 0.2) is 17.4 Å². The molecule has 2 atom stereocenters. The van der Waals surface area contributed by atoms with E-state index < -0.39 is 0 Å². The van der Waals surface area contributed by atoms with Crippen LogP contribution in [0.5, 0.6) is 0 Å². The van der Waals surface area contributed by atoms with Gasteiger partial charge < -0.3 is 0 Å². The molecule has 0 nitrogen and oxygen atoms in total. The van der Waals surface area contributed by atoms with Gasteiger partial charge in [-0.05, 0) is 11.8 Å². The summed E-state index contributed by atoms with van der Waals surface area (Å²) in [5, 5.41) is 0. The molecule has 0 aliphatic carbocycles. The van der Waals surface area contributed by atoms with Gasteiger partial charge in [-0.25, -0.2) is 0 Å². The van der Waals surface area contributed by atoms with Crippen LogP contribution in [0.4, 0.5) is 0 Å². The van der Waals surface area contributed by atoms with E-state index >= 15 is 0 Å². The smallest absolute Gasteiger partial charge is 0.0654 e. The van der Waals surface area contributed by atoms with Crippen LogP contribution in [-0.4, -0.2) is 17.4 Å². The van der Waals surface area contributed by atoms with Gasteiger partial charge in [-0.3, -0.25) is 0 Å². The Bertz CT molecular complexity index is 69.3. The summed E-state index contributed by atoms with van der Waals surface area (Å²) in [6, 6.07) is 0. The summed E-state index contributed by atoms with van der Waals surface area (Å²) in [6.45, 7) is 10.8. The predicted octanol–water partition coefficient (Wildman–Crippen LogP) is 2.49. The molecule has 0 aromatic heterocycles. The zero-order valence-corrected chi connectivity index (χ0v) is 7.69. The first kappa shape index (κ1) is 14.1. The lowest BCUT2D eigenvalue weighted by molar-refractivity contribution is 0.366. The monoisotopic (exact) mass is 171 g/mol. The molecule has 0 N–H and O–H groups in total. The Kier molecular flexibility index (Phi) is 11.0. The molecule has 0 amide bonds. The van der Waals surface area contributed by atoms with E-state index in [2.05, 4.69) is 27.7 Å². The fraction of sp³-hybridized carbons (Fsp3) is 0.900. The van der Waals surface area contributed by atoms with Gasteiger partial charge in [-0.15, -0.1) is 0 Å². The fourth-order valence-corrected chi connectivity index (χ4v) is 1.36. The van der Waals surface area contributed by atoms with Crippen molar-refractivity contribution in [1.82, 2.24) is 0 Å². The lowest BCUT2D eigenvalue weighted by Crippen LogP contribution is -2.06. The molecular weight excluding hydrogens is 147 g/mol. The molecule has 1 radical (unpaired) electrons. The summed E-state index contributed by atoms with van der Waals surface area (Å²) in [4.78, 5) is 0.